The second-order valence-electron chi connectivity index (χ2n) is 12.2. The first-order chi connectivity index (χ1) is 22.3. The van der Waals surface area contributed by atoms with E-state index in [-0.39, 0.29) is 34.9 Å². The Balaban J connectivity index is 1.34. The minimum absolute atomic E-state index is 0.00845. The number of hydrogen-bond donors (Lipinski definition) is 0. The molecule has 0 spiro atoms. The van der Waals surface area contributed by atoms with Crippen LogP contribution in [0.15, 0.2) is 49.1 Å². The molecule has 5 heterocycles. The van der Waals surface area contributed by atoms with Crippen molar-refractivity contribution in [1.29, 1.82) is 5.26 Å². The van der Waals surface area contributed by atoms with Gasteiger partial charge in [0.1, 0.15) is 18.2 Å². The SMILES string of the molecule is C=CC(=O)N1CCN(c2nc(OCC34CCCN3CCC4)nc3nc(-c4cccc5ccc(F)c(Cl)c45)c(Cl)cc23)C[C@@H]1CC#N. The highest BCUT2D eigenvalue weighted by atomic mass is 35.5. The molecule has 3 saturated heterocycles. The number of aromatic nitrogens is 3. The summed E-state index contributed by atoms with van der Waals surface area (Å²) in [7, 11) is 0. The van der Waals surface area contributed by atoms with E-state index < -0.39 is 5.82 Å². The lowest BCUT2D eigenvalue weighted by Gasteiger charge is -2.41. The molecule has 3 fully saturated rings. The van der Waals surface area contributed by atoms with Crippen LogP contribution >= 0.6 is 23.2 Å². The van der Waals surface area contributed by atoms with Gasteiger partial charge in [0, 0.05) is 30.6 Å². The molecule has 3 aliphatic heterocycles. The monoisotopic (exact) mass is 659 g/mol. The number of fused-ring (bicyclic) bond motifs is 3. The minimum Gasteiger partial charge on any atom is -0.461 e. The van der Waals surface area contributed by atoms with E-state index in [0.29, 0.717) is 64.8 Å². The summed E-state index contributed by atoms with van der Waals surface area (Å²) < 4.78 is 21.0. The lowest BCUT2D eigenvalue weighted by molar-refractivity contribution is -0.128. The first-order valence-corrected chi connectivity index (χ1v) is 16.3. The fraction of sp³-hybridized carbons (Fsp3) is 0.382. The van der Waals surface area contributed by atoms with Gasteiger partial charge >= 0.3 is 6.01 Å². The topological polar surface area (TPSA) is 98.5 Å². The highest BCUT2D eigenvalue weighted by Crippen LogP contribution is 2.41. The van der Waals surface area contributed by atoms with Gasteiger partial charge in [-0.15, -0.1) is 0 Å². The first-order valence-electron chi connectivity index (χ1n) is 15.5. The third-order valence-corrected chi connectivity index (χ3v) is 10.3. The number of amides is 1. The normalized spacial score (nSPS) is 19.4. The van der Waals surface area contributed by atoms with Crippen LogP contribution in [0.4, 0.5) is 10.2 Å². The van der Waals surface area contributed by atoms with Crippen LogP contribution in [0.1, 0.15) is 32.1 Å². The third-order valence-electron chi connectivity index (χ3n) is 9.64. The molecule has 0 radical (unpaired) electrons. The van der Waals surface area contributed by atoms with Gasteiger partial charge in [0.25, 0.3) is 0 Å². The van der Waals surface area contributed by atoms with Crippen molar-refractivity contribution in [3.8, 4) is 23.3 Å². The molecule has 0 unspecified atom stereocenters. The Hall–Kier alpha value is -4.04. The van der Waals surface area contributed by atoms with Crippen molar-refractivity contribution in [2.24, 2.45) is 0 Å². The maximum atomic E-state index is 14.6. The van der Waals surface area contributed by atoms with Crippen LogP contribution in [-0.2, 0) is 4.79 Å². The van der Waals surface area contributed by atoms with Crippen molar-refractivity contribution < 1.29 is 13.9 Å². The average Bonchev–Trinajstić information content (AvgIpc) is 3.65. The number of piperazine rings is 1. The van der Waals surface area contributed by atoms with E-state index >= 15 is 0 Å². The van der Waals surface area contributed by atoms with E-state index in [1.54, 1.807) is 17.0 Å². The number of carbonyl (C=O) groups is 1. The van der Waals surface area contributed by atoms with Crippen LogP contribution in [0.5, 0.6) is 6.01 Å². The molecule has 4 aromatic rings. The second-order valence-corrected chi connectivity index (χ2v) is 13.0. The molecule has 46 heavy (non-hydrogen) atoms. The summed E-state index contributed by atoms with van der Waals surface area (Å²) in [5, 5.41) is 11.7. The molecule has 12 heteroatoms. The molecule has 1 amide bonds. The minimum atomic E-state index is -0.535. The zero-order valence-electron chi connectivity index (χ0n) is 25.2. The van der Waals surface area contributed by atoms with Crippen LogP contribution in [0, 0.1) is 17.1 Å². The molecule has 0 aliphatic carbocycles. The molecule has 0 bridgehead atoms. The van der Waals surface area contributed by atoms with Crippen molar-refractivity contribution in [1.82, 2.24) is 24.8 Å². The van der Waals surface area contributed by atoms with Crippen molar-refractivity contribution in [3.05, 3.63) is 64.9 Å². The Labute approximate surface area is 276 Å². The average molecular weight is 661 g/mol. The predicted molar refractivity (Wildman–Crippen MR) is 177 cm³/mol. The molecule has 2 aromatic carbocycles. The summed E-state index contributed by atoms with van der Waals surface area (Å²) in [6.45, 7) is 7.45. The molecule has 9 nitrogen and oxygen atoms in total. The van der Waals surface area contributed by atoms with Crippen molar-refractivity contribution in [3.63, 3.8) is 0 Å². The second kappa shape index (κ2) is 12.3. The van der Waals surface area contributed by atoms with E-state index in [1.165, 1.54) is 12.1 Å². The lowest BCUT2D eigenvalue weighted by Crippen LogP contribution is -2.55. The predicted octanol–water partition coefficient (Wildman–Crippen LogP) is 6.41. The van der Waals surface area contributed by atoms with Crippen LogP contribution < -0.4 is 9.64 Å². The van der Waals surface area contributed by atoms with Crippen LogP contribution in [0.2, 0.25) is 10.0 Å². The molecule has 236 valence electrons. The molecule has 0 saturated carbocycles. The Morgan fingerprint density at radius 1 is 1.13 bits per heavy atom. The van der Waals surface area contributed by atoms with Crippen molar-refractivity contribution in [2.45, 2.75) is 43.7 Å². The van der Waals surface area contributed by atoms with Gasteiger partial charge in [-0.1, -0.05) is 54.0 Å². The van der Waals surface area contributed by atoms with E-state index in [9.17, 15) is 14.4 Å². The number of halogens is 3. The highest BCUT2D eigenvalue weighted by Gasteiger charge is 2.45. The van der Waals surface area contributed by atoms with Crippen LogP contribution in [-0.4, -0.2) is 81.6 Å². The quantitative estimate of drug-likeness (QED) is 0.210. The number of nitrogens with zero attached hydrogens (tertiary/aromatic N) is 7. The van der Waals surface area contributed by atoms with Gasteiger partial charge in [-0.3, -0.25) is 9.69 Å². The fourth-order valence-electron chi connectivity index (χ4n) is 7.39. The summed E-state index contributed by atoms with van der Waals surface area (Å²) in [4.78, 5) is 33.4. The molecular formula is C34H32Cl2FN7O2. The van der Waals surface area contributed by atoms with Gasteiger partial charge < -0.3 is 14.5 Å². The Morgan fingerprint density at radius 2 is 1.93 bits per heavy atom. The summed E-state index contributed by atoms with van der Waals surface area (Å²) in [5.74, 6) is -0.191. The molecule has 3 aliphatic rings. The lowest BCUT2D eigenvalue weighted by atomic mass is 9.95. The zero-order chi connectivity index (χ0) is 32.0. The zero-order valence-corrected chi connectivity index (χ0v) is 26.7. The number of ether oxygens (including phenoxy) is 1. The van der Waals surface area contributed by atoms with Gasteiger partial charge in [0.15, 0.2) is 5.65 Å². The van der Waals surface area contributed by atoms with Gasteiger partial charge in [-0.05, 0) is 62.4 Å². The molecule has 0 N–H and O–H groups in total. The summed E-state index contributed by atoms with van der Waals surface area (Å²) in [6, 6.07) is 12.3. The number of hydrogen-bond acceptors (Lipinski definition) is 8. The summed E-state index contributed by atoms with van der Waals surface area (Å²) in [5.41, 5.74) is 1.32. The van der Waals surface area contributed by atoms with E-state index in [4.69, 9.17) is 42.9 Å². The van der Waals surface area contributed by atoms with Gasteiger partial charge in [0.2, 0.25) is 5.91 Å². The Morgan fingerprint density at radius 3 is 2.70 bits per heavy atom. The van der Waals surface area contributed by atoms with Crippen molar-refractivity contribution >= 4 is 56.7 Å². The summed E-state index contributed by atoms with van der Waals surface area (Å²) in [6.07, 6.45) is 5.84. The maximum Gasteiger partial charge on any atom is 0.320 e. The van der Waals surface area contributed by atoms with E-state index in [2.05, 4.69) is 17.5 Å². The van der Waals surface area contributed by atoms with Crippen LogP contribution in [0.25, 0.3) is 33.1 Å². The van der Waals surface area contributed by atoms with Gasteiger partial charge in [-0.2, -0.15) is 15.2 Å². The standard InChI is InChI=1S/C34H32Cl2FN7O2/c1-2-27(45)44-17-16-42(19-22(44)10-13-38)32-24-18-25(35)30(23-7-3-6-21-8-9-26(37)29(36)28(21)23)39-31(24)40-33(41-32)46-20-34-11-4-14-43(34)15-5-12-34/h2-3,6-9,18,22H,1,4-5,10-12,14-17,19-20H2/t22-/m0/s1. The molecular weight excluding hydrogens is 628 g/mol. The van der Waals surface area contributed by atoms with Gasteiger partial charge in [0.05, 0.1) is 45.2 Å². The highest BCUT2D eigenvalue weighted by molar-refractivity contribution is 6.38. The van der Waals surface area contributed by atoms with Crippen molar-refractivity contribution in [2.75, 3.05) is 44.2 Å². The molecule has 1 atom stereocenters. The third kappa shape index (κ3) is 5.30. The smallest absolute Gasteiger partial charge is 0.320 e. The van der Waals surface area contributed by atoms with E-state index in [0.717, 1.165) is 44.2 Å². The maximum absolute atomic E-state index is 14.6. The largest absolute Gasteiger partial charge is 0.461 e. The number of benzene rings is 2. The number of pyridine rings is 1. The molecule has 2 aromatic heterocycles. The molecule has 7 rings (SSSR count). The Bertz CT molecular complexity index is 1900. The van der Waals surface area contributed by atoms with Crippen LogP contribution in [0.3, 0.4) is 0 Å². The number of anilines is 1. The first kappa shape index (κ1) is 30.6. The summed E-state index contributed by atoms with van der Waals surface area (Å²) >= 11 is 13.4. The Kier molecular flexibility index (Phi) is 8.17. The number of nitriles is 1. The number of carbonyl (C=O) groups excluding carboxylic acids is 1. The number of rotatable bonds is 7. The fourth-order valence-corrected chi connectivity index (χ4v) is 7.92. The van der Waals surface area contributed by atoms with Gasteiger partial charge in [-0.25, -0.2) is 9.37 Å². The van der Waals surface area contributed by atoms with E-state index in [1.807, 2.05) is 23.1 Å².